The number of rotatable bonds is 3. The molecule has 4 N–H and O–H groups in total. The Morgan fingerprint density at radius 1 is 1.38 bits per heavy atom. The third-order valence-corrected chi connectivity index (χ3v) is 3.18. The van der Waals surface area contributed by atoms with Gasteiger partial charge in [0.1, 0.15) is 5.60 Å². The Morgan fingerprint density at radius 2 is 2.05 bits per heavy atom. The topological polar surface area (TPSA) is 80.1 Å². The summed E-state index contributed by atoms with van der Waals surface area (Å²) in [6.45, 7) is 7.81. The van der Waals surface area contributed by atoms with Crippen LogP contribution in [0.1, 0.15) is 38.1 Å². The van der Waals surface area contributed by atoms with E-state index in [9.17, 15) is 4.79 Å². The van der Waals surface area contributed by atoms with Crippen molar-refractivity contribution < 1.29 is 9.53 Å². The second-order valence-corrected chi connectivity index (χ2v) is 6.20. The number of carbonyl (C=O) groups is 1. The molecule has 1 aromatic heterocycles. The molecule has 0 bridgehead atoms. The van der Waals surface area contributed by atoms with E-state index >= 15 is 0 Å². The summed E-state index contributed by atoms with van der Waals surface area (Å²) in [5.41, 5.74) is 8.82. The number of aromatic amines is 1. The maximum Gasteiger partial charge on any atom is 0.407 e. The molecule has 1 amide bonds. The molecule has 1 aromatic carbocycles. The van der Waals surface area contributed by atoms with Crippen LogP contribution < -0.4 is 11.1 Å². The Morgan fingerprint density at radius 3 is 2.71 bits per heavy atom. The van der Waals surface area contributed by atoms with Gasteiger partial charge in [0.05, 0.1) is 0 Å². The highest BCUT2D eigenvalue weighted by Crippen LogP contribution is 2.26. The molecule has 5 heteroatoms. The van der Waals surface area contributed by atoms with E-state index in [-0.39, 0.29) is 6.04 Å². The van der Waals surface area contributed by atoms with Crippen molar-refractivity contribution >= 4 is 17.0 Å². The van der Waals surface area contributed by atoms with Crippen molar-refractivity contribution in [3.8, 4) is 0 Å². The Balaban J connectivity index is 2.07. The molecule has 5 nitrogen and oxygen atoms in total. The van der Waals surface area contributed by atoms with Crippen LogP contribution in [-0.2, 0) is 4.74 Å². The molecule has 0 saturated heterocycles. The number of amides is 1. The van der Waals surface area contributed by atoms with Crippen LogP contribution in [-0.4, -0.2) is 23.2 Å². The summed E-state index contributed by atoms with van der Waals surface area (Å²) >= 11 is 0. The first kappa shape index (κ1) is 15.4. The highest BCUT2D eigenvalue weighted by atomic mass is 16.6. The van der Waals surface area contributed by atoms with Gasteiger partial charge in [-0.2, -0.15) is 0 Å². The zero-order valence-electron chi connectivity index (χ0n) is 13.0. The number of benzene rings is 1. The van der Waals surface area contributed by atoms with Crippen LogP contribution in [0, 0.1) is 6.92 Å². The van der Waals surface area contributed by atoms with Crippen molar-refractivity contribution in [2.45, 2.75) is 39.3 Å². The summed E-state index contributed by atoms with van der Waals surface area (Å²) in [5, 5.41) is 3.81. The summed E-state index contributed by atoms with van der Waals surface area (Å²) in [5.74, 6) is 0. The number of para-hydroxylation sites is 1. The van der Waals surface area contributed by atoms with Gasteiger partial charge in [-0.05, 0) is 39.3 Å². The molecule has 1 unspecified atom stereocenters. The van der Waals surface area contributed by atoms with Crippen LogP contribution in [0.25, 0.3) is 10.9 Å². The zero-order chi connectivity index (χ0) is 15.6. The van der Waals surface area contributed by atoms with Crippen molar-refractivity contribution in [3.63, 3.8) is 0 Å². The maximum atomic E-state index is 11.7. The number of fused-ring (bicyclic) bond motifs is 1. The zero-order valence-corrected chi connectivity index (χ0v) is 13.0. The second-order valence-electron chi connectivity index (χ2n) is 6.20. The first-order chi connectivity index (χ1) is 9.78. The fourth-order valence-electron chi connectivity index (χ4n) is 2.39. The van der Waals surface area contributed by atoms with E-state index in [2.05, 4.69) is 10.3 Å². The van der Waals surface area contributed by atoms with Gasteiger partial charge < -0.3 is 20.8 Å². The summed E-state index contributed by atoms with van der Waals surface area (Å²) in [6, 6.07) is 7.72. The number of nitrogens with one attached hydrogen (secondary N) is 2. The number of H-pyrrole nitrogens is 1. The van der Waals surface area contributed by atoms with Crippen molar-refractivity contribution in [3.05, 3.63) is 35.5 Å². The Labute approximate surface area is 124 Å². The molecular formula is C16H23N3O2. The number of hydrogen-bond donors (Lipinski definition) is 3. The molecule has 0 aliphatic carbocycles. The van der Waals surface area contributed by atoms with Gasteiger partial charge in [-0.1, -0.05) is 18.2 Å². The quantitative estimate of drug-likeness (QED) is 0.812. The molecule has 0 fully saturated rings. The first-order valence-electron chi connectivity index (χ1n) is 7.07. The van der Waals surface area contributed by atoms with Gasteiger partial charge >= 0.3 is 6.09 Å². The van der Waals surface area contributed by atoms with Crippen LogP contribution in [0.5, 0.6) is 0 Å². The number of nitrogens with two attached hydrogens (primary N) is 1. The fourth-order valence-corrected chi connectivity index (χ4v) is 2.39. The molecule has 2 rings (SSSR count). The van der Waals surface area contributed by atoms with Crippen molar-refractivity contribution in [1.82, 2.24) is 10.3 Å². The SMILES string of the molecule is Cc1[nH]c2ccccc2c1C(N)CNC(=O)OC(C)(C)C. The Kier molecular flexibility index (Phi) is 4.23. The lowest BCUT2D eigenvalue weighted by atomic mass is 10.0. The van der Waals surface area contributed by atoms with Crippen LogP contribution in [0.2, 0.25) is 0 Å². The third kappa shape index (κ3) is 3.76. The fraction of sp³-hybridized carbons (Fsp3) is 0.438. The van der Waals surface area contributed by atoms with Gasteiger partial charge in [-0.25, -0.2) is 4.79 Å². The standard InChI is InChI=1S/C16H23N3O2/c1-10-14(11-7-5-6-8-13(11)19-10)12(17)9-18-15(20)21-16(2,3)4/h5-8,12,19H,9,17H2,1-4H3,(H,18,20). The minimum atomic E-state index is -0.509. The summed E-state index contributed by atoms with van der Waals surface area (Å²) < 4.78 is 5.21. The van der Waals surface area contributed by atoms with Gasteiger partial charge in [-0.3, -0.25) is 0 Å². The van der Waals surface area contributed by atoms with Crippen molar-refractivity contribution in [2.75, 3.05) is 6.54 Å². The predicted octanol–water partition coefficient (Wildman–Crippen LogP) is 3.00. The summed E-state index contributed by atoms with van der Waals surface area (Å²) in [7, 11) is 0. The largest absolute Gasteiger partial charge is 0.444 e. The number of aromatic nitrogens is 1. The average molecular weight is 289 g/mol. The highest BCUT2D eigenvalue weighted by molar-refractivity contribution is 5.85. The van der Waals surface area contributed by atoms with Crippen LogP contribution in [0.15, 0.2) is 24.3 Å². The Bertz CT molecular complexity index is 640. The number of carbonyl (C=O) groups excluding carboxylic acids is 1. The van der Waals surface area contributed by atoms with Crippen molar-refractivity contribution in [2.24, 2.45) is 5.73 Å². The van der Waals surface area contributed by atoms with E-state index in [4.69, 9.17) is 10.5 Å². The van der Waals surface area contributed by atoms with Crippen molar-refractivity contribution in [1.29, 1.82) is 0 Å². The lowest BCUT2D eigenvalue weighted by Crippen LogP contribution is -2.36. The summed E-state index contributed by atoms with van der Waals surface area (Å²) in [6.07, 6.45) is -0.449. The minimum absolute atomic E-state index is 0.284. The molecule has 2 aromatic rings. The second kappa shape index (κ2) is 5.77. The Hall–Kier alpha value is -2.01. The number of ether oxygens (including phenoxy) is 1. The maximum absolute atomic E-state index is 11.7. The smallest absolute Gasteiger partial charge is 0.407 e. The number of aryl methyl sites for hydroxylation is 1. The lowest BCUT2D eigenvalue weighted by Gasteiger charge is -2.21. The van der Waals surface area contributed by atoms with Gasteiger partial charge in [0.15, 0.2) is 0 Å². The van der Waals surface area contributed by atoms with E-state index in [1.165, 1.54) is 0 Å². The van der Waals surface area contributed by atoms with Crippen LogP contribution in [0.3, 0.4) is 0 Å². The van der Waals surface area contributed by atoms with E-state index < -0.39 is 11.7 Å². The van der Waals surface area contributed by atoms with Crippen LogP contribution in [0.4, 0.5) is 4.79 Å². The highest BCUT2D eigenvalue weighted by Gasteiger charge is 2.19. The van der Waals surface area contributed by atoms with Gasteiger partial charge in [0.2, 0.25) is 0 Å². The van der Waals surface area contributed by atoms with E-state index in [1.54, 1.807) is 0 Å². The molecule has 114 valence electrons. The monoisotopic (exact) mass is 289 g/mol. The van der Waals surface area contributed by atoms with Gasteiger partial charge in [0, 0.05) is 29.2 Å². The van der Waals surface area contributed by atoms with E-state index in [1.807, 2.05) is 52.0 Å². The lowest BCUT2D eigenvalue weighted by molar-refractivity contribution is 0.0524. The van der Waals surface area contributed by atoms with Crippen LogP contribution >= 0.6 is 0 Å². The number of alkyl carbamates (subject to hydrolysis) is 1. The minimum Gasteiger partial charge on any atom is -0.444 e. The van der Waals surface area contributed by atoms with E-state index in [0.717, 1.165) is 22.2 Å². The third-order valence-electron chi connectivity index (χ3n) is 3.18. The van der Waals surface area contributed by atoms with Gasteiger partial charge in [-0.15, -0.1) is 0 Å². The van der Waals surface area contributed by atoms with E-state index in [0.29, 0.717) is 6.54 Å². The molecule has 1 atom stereocenters. The number of hydrogen-bond acceptors (Lipinski definition) is 3. The molecule has 0 spiro atoms. The molecule has 0 aliphatic rings. The molecule has 21 heavy (non-hydrogen) atoms. The summed E-state index contributed by atoms with van der Waals surface area (Å²) in [4.78, 5) is 15.0. The molecule has 0 saturated carbocycles. The average Bonchev–Trinajstić information content (AvgIpc) is 2.70. The molecule has 1 heterocycles. The normalized spacial score (nSPS) is 13.2. The molecular weight excluding hydrogens is 266 g/mol. The first-order valence-corrected chi connectivity index (χ1v) is 7.07. The molecule has 0 radical (unpaired) electrons. The predicted molar refractivity (Wildman–Crippen MR) is 84.2 cm³/mol. The van der Waals surface area contributed by atoms with Gasteiger partial charge in [0.25, 0.3) is 0 Å². The molecule has 0 aliphatic heterocycles.